The van der Waals surface area contributed by atoms with Gasteiger partial charge in [-0.25, -0.2) is 0 Å². The lowest BCUT2D eigenvalue weighted by atomic mass is 9.48. The summed E-state index contributed by atoms with van der Waals surface area (Å²) in [7, 11) is 0. The van der Waals surface area contributed by atoms with E-state index in [0.717, 1.165) is 44.1 Å². The maximum Gasteiger partial charge on any atom is 0.224 e. The van der Waals surface area contributed by atoms with Crippen molar-refractivity contribution in [1.29, 1.82) is 0 Å². The van der Waals surface area contributed by atoms with E-state index in [1.807, 2.05) is 0 Å². The van der Waals surface area contributed by atoms with E-state index in [1.54, 1.807) is 0 Å². The van der Waals surface area contributed by atoms with E-state index in [0.29, 0.717) is 30.0 Å². The molecule has 0 aromatic carbocycles. The van der Waals surface area contributed by atoms with Gasteiger partial charge in [-0.05, 0) is 55.3 Å². The van der Waals surface area contributed by atoms with Crippen LogP contribution in [0.25, 0.3) is 0 Å². The van der Waals surface area contributed by atoms with Gasteiger partial charge in [-0.15, -0.1) is 0 Å². The van der Waals surface area contributed by atoms with E-state index >= 15 is 0 Å². The fourth-order valence-electron chi connectivity index (χ4n) is 6.17. The molecule has 0 N–H and O–H groups in total. The van der Waals surface area contributed by atoms with Crippen LogP contribution in [0.4, 0.5) is 0 Å². The number of carbonyl (C=O) groups is 3. The van der Waals surface area contributed by atoms with Crippen molar-refractivity contribution in [2.45, 2.75) is 58.8 Å². The second-order valence-corrected chi connectivity index (χ2v) is 8.32. The van der Waals surface area contributed by atoms with Crippen LogP contribution in [-0.2, 0) is 14.4 Å². The fraction of sp³-hybridized carbons (Fsp3) is 0.737. The molecular weight excluding hydrogens is 276 g/mol. The highest BCUT2D eigenvalue weighted by Crippen LogP contribution is 2.63. The standard InChI is InChI=1S/C19H24O3/c1-18-10-8-15(20)17(22)14(18)4-3-11-12-5-6-16(21)19(12,2)9-7-13(11)18/h4,11-13H,3,5-10H2,1-2H3/t11-,12-,13-,18+,19-/m0/s1. The molecule has 0 heterocycles. The van der Waals surface area contributed by atoms with Gasteiger partial charge in [0.1, 0.15) is 5.78 Å². The molecule has 22 heavy (non-hydrogen) atoms. The summed E-state index contributed by atoms with van der Waals surface area (Å²) in [6.45, 7) is 4.36. The molecule has 3 saturated carbocycles. The number of hydrogen-bond donors (Lipinski definition) is 0. The summed E-state index contributed by atoms with van der Waals surface area (Å²) in [4.78, 5) is 36.5. The van der Waals surface area contributed by atoms with Crippen molar-refractivity contribution in [2.24, 2.45) is 28.6 Å². The molecule has 0 radical (unpaired) electrons. The van der Waals surface area contributed by atoms with Gasteiger partial charge in [-0.3, -0.25) is 14.4 Å². The first-order valence-corrected chi connectivity index (χ1v) is 8.69. The van der Waals surface area contributed by atoms with Crippen LogP contribution in [0.1, 0.15) is 58.8 Å². The SMILES string of the molecule is C[C@]12CCC(=O)C(=O)C1=CC[C@@H]1[C@@H]2CC[C@]2(C)C(=O)CC[C@@H]12. The second kappa shape index (κ2) is 4.39. The predicted molar refractivity (Wildman–Crippen MR) is 82.1 cm³/mol. The highest BCUT2D eigenvalue weighted by molar-refractivity contribution is 6.44. The minimum absolute atomic E-state index is 0.128. The van der Waals surface area contributed by atoms with Crippen molar-refractivity contribution in [3.05, 3.63) is 11.6 Å². The Balaban J connectivity index is 1.74. The molecular formula is C19H24O3. The Kier molecular flexibility index (Phi) is 2.87. The number of hydrogen-bond acceptors (Lipinski definition) is 3. The Morgan fingerprint density at radius 3 is 2.45 bits per heavy atom. The third-order valence-electron chi connectivity index (χ3n) is 7.54. The van der Waals surface area contributed by atoms with Crippen LogP contribution in [-0.4, -0.2) is 17.3 Å². The molecule has 0 spiro atoms. The van der Waals surface area contributed by atoms with E-state index < -0.39 is 0 Å². The number of ketones is 3. The molecule has 0 aromatic rings. The van der Waals surface area contributed by atoms with Crippen LogP contribution in [0.3, 0.4) is 0 Å². The number of rotatable bonds is 0. The average molecular weight is 300 g/mol. The molecule has 3 fully saturated rings. The Bertz CT molecular complexity index is 616. The molecule has 4 rings (SSSR count). The zero-order chi connectivity index (χ0) is 15.7. The summed E-state index contributed by atoms with van der Waals surface area (Å²) in [5.74, 6) is 1.46. The second-order valence-electron chi connectivity index (χ2n) is 8.32. The first-order chi connectivity index (χ1) is 10.4. The van der Waals surface area contributed by atoms with Crippen LogP contribution >= 0.6 is 0 Å². The zero-order valence-corrected chi connectivity index (χ0v) is 13.5. The quantitative estimate of drug-likeness (QED) is 0.645. The smallest absolute Gasteiger partial charge is 0.224 e. The average Bonchev–Trinajstić information content (AvgIpc) is 2.79. The molecule has 3 nitrogen and oxygen atoms in total. The fourth-order valence-corrected chi connectivity index (χ4v) is 6.17. The maximum absolute atomic E-state index is 12.3. The number of Topliss-reactive ketones (excluding diaryl/α,β-unsaturated/α-hetero) is 3. The first-order valence-electron chi connectivity index (χ1n) is 8.69. The third kappa shape index (κ3) is 1.60. The van der Waals surface area contributed by atoms with Crippen LogP contribution in [0.2, 0.25) is 0 Å². The van der Waals surface area contributed by atoms with Gasteiger partial charge >= 0.3 is 0 Å². The summed E-state index contributed by atoms with van der Waals surface area (Å²) >= 11 is 0. The zero-order valence-electron chi connectivity index (χ0n) is 13.5. The van der Waals surface area contributed by atoms with Crippen LogP contribution in [0.5, 0.6) is 0 Å². The highest BCUT2D eigenvalue weighted by Gasteiger charge is 2.59. The van der Waals surface area contributed by atoms with Gasteiger partial charge in [-0.1, -0.05) is 19.9 Å². The molecule has 0 aromatic heterocycles. The van der Waals surface area contributed by atoms with Gasteiger partial charge in [0.05, 0.1) is 0 Å². The van der Waals surface area contributed by atoms with Gasteiger partial charge < -0.3 is 0 Å². The summed E-state index contributed by atoms with van der Waals surface area (Å²) in [5, 5.41) is 0. The van der Waals surface area contributed by atoms with Gasteiger partial charge in [-0.2, -0.15) is 0 Å². The molecule has 0 unspecified atom stereocenters. The van der Waals surface area contributed by atoms with Crippen molar-refractivity contribution in [2.75, 3.05) is 0 Å². The molecule has 0 bridgehead atoms. The normalized spacial score (nSPS) is 47.6. The Labute approximate surface area is 131 Å². The summed E-state index contributed by atoms with van der Waals surface area (Å²) in [6.07, 6.45) is 7.87. The van der Waals surface area contributed by atoms with E-state index in [2.05, 4.69) is 19.9 Å². The van der Waals surface area contributed by atoms with Gasteiger partial charge in [0.25, 0.3) is 0 Å². The molecule has 118 valence electrons. The Morgan fingerprint density at radius 1 is 0.955 bits per heavy atom. The van der Waals surface area contributed by atoms with Crippen molar-refractivity contribution in [3.63, 3.8) is 0 Å². The van der Waals surface area contributed by atoms with Crippen LogP contribution < -0.4 is 0 Å². The molecule has 0 amide bonds. The maximum atomic E-state index is 12.3. The number of carbonyl (C=O) groups excluding carboxylic acids is 3. The molecule has 3 heteroatoms. The lowest BCUT2D eigenvalue weighted by molar-refractivity contribution is -0.140. The third-order valence-corrected chi connectivity index (χ3v) is 7.54. The molecule has 0 aliphatic heterocycles. The van der Waals surface area contributed by atoms with Gasteiger partial charge in [0, 0.05) is 23.8 Å². The first kappa shape index (κ1) is 14.3. The largest absolute Gasteiger partial charge is 0.299 e. The minimum atomic E-state index is -0.233. The van der Waals surface area contributed by atoms with E-state index in [9.17, 15) is 14.4 Å². The lowest BCUT2D eigenvalue weighted by Crippen LogP contribution is -2.52. The highest BCUT2D eigenvalue weighted by atomic mass is 16.2. The minimum Gasteiger partial charge on any atom is -0.299 e. The number of fused-ring (bicyclic) bond motifs is 5. The molecule has 4 aliphatic carbocycles. The van der Waals surface area contributed by atoms with Crippen molar-refractivity contribution >= 4 is 17.3 Å². The van der Waals surface area contributed by atoms with E-state index in [1.165, 1.54) is 0 Å². The summed E-state index contributed by atoms with van der Waals surface area (Å²) < 4.78 is 0. The summed E-state index contributed by atoms with van der Waals surface area (Å²) in [6, 6.07) is 0. The molecule has 4 aliphatic rings. The van der Waals surface area contributed by atoms with Gasteiger partial charge in [0.15, 0.2) is 0 Å². The van der Waals surface area contributed by atoms with Crippen molar-refractivity contribution in [3.8, 4) is 0 Å². The number of allylic oxidation sites excluding steroid dienone is 2. The lowest BCUT2D eigenvalue weighted by Gasteiger charge is -2.55. The van der Waals surface area contributed by atoms with Gasteiger partial charge in [0.2, 0.25) is 11.6 Å². The molecule has 5 atom stereocenters. The van der Waals surface area contributed by atoms with Crippen molar-refractivity contribution in [1.82, 2.24) is 0 Å². The van der Waals surface area contributed by atoms with E-state index in [4.69, 9.17) is 0 Å². The summed E-state index contributed by atoms with van der Waals surface area (Å²) in [5.41, 5.74) is 0.524. The monoisotopic (exact) mass is 300 g/mol. The van der Waals surface area contributed by atoms with Crippen LogP contribution in [0.15, 0.2) is 11.6 Å². The predicted octanol–water partition coefficient (Wildman–Crippen LogP) is 3.27. The Hall–Kier alpha value is -1.25. The Morgan fingerprint density at radius 2 is 1.68 bits per heavy atom. The van der Waals surface area contributed by atoms with E-state index in [-0.39, 0.29) is 22.4 Å². The topological polar surface area (TPSA) is 51.2 Å². The van der Waals surface area contributed by atoms with Crippen LogP contribution in [0, 0.1) is 28.6 Å². The van der Waals surface area contributed by atoms with Crippen molar-refractivity contribution < 1.29 is 14.4 Å². The molecule has 0 saturated heterocycles.